The van der Waals surface area contributed by atoms with Crippen LogP contribution in [-0.2, 0) is 38.4 Å². The largest absolute Gasteiger partial charge is 0.493 e. The maximum absolute atomic E-state index is 15.2. The average Bonchev–Trinajstić information content (AvgIpc) is 3.07. The van der Waals surface area contributed by atoms with Gasteiger partial charge in [-0.2, -0.15) is 8.78 Å². The van der Waals surface area contributed by atoms with Crippen molar-refractivity contribution in [3.63, 3.8) is 0 Å². The van der Waals surface area contributed by atoms with Crippen LogP contribution in [0, 0.1) is 5.92 Å². The molecule has 3 rings (SSSR count). The Bertz CT molecular complexity index is 1590. The van der Waals surface area contributed by atoms with Gasteiger partial charge in [-0.3, -0.25) is 19.2 Å². The molecule has 2 unspecified atom stereocenters. The smallest absolute Gasteiger partial charge is 0.383 e. The first-order valence-electron chi connectivity index (χ1n) is 15.3. The monoisotopic (exact) mass is 705 g/mol. The summed E-state index contributed by atoms with van der Waals surface area (Å²) in [5, 5.41) is 7.83. The maximum atomic E-state index is 15.2. The Morgan fingerprint density at radius 2 is 1.46 bits per heavy atom. The molecule has 0 fully saturated rings. The van der Waals surface area contributed by atoms with Crippen molar-refractivity contribution in [3.05, 3.63) is 93.5 Å². The number of methoxy groups -OCH3 is 2. The molecule has 0 aliphatic rings. The number of aryl methyl sites for hydroxylation is 1. The van der Waals surface area contributed by atoms with E-state index < -0.39 is 47.4 Å². The summed E-state index contributed by atoms with van der Waals surface area (Å²) in [5.41, 5.74) is 2.10. The molecule has 0 spiro atoms. The number of carbonyl (C=O) groups is 4. The van der Waals surface area contributed by atoms with Gasteiger partial charge in [0.2, 0.25) is 17.6 Å². The topological polar surface area (TPSA) is 123 Å². The zero-order valence-electron chi connectivity index (χ0n) is 27.1. The number of carbonyl (C=O) groups excluding carboxylic acids is 4. The van der Waals surface area contributed by atoms with Gasteiger partial charge in [-0.15, -0.1) is 0 Å². The normalized spacial score (nSPS) is 12.5. The highest BCUT2D eigenvalue weighted by molar-refractivity contribution is 6.42. The first-order chi connectivity index (χ1) is 22.8. The lowest BCUT2D eigenvalue weighted by Gasteiger charge is -2.27. The molecule has 0 aliphatic carbocycles. The maximum Gasteiger partial charge on any atom is 0.383 e. The number of alkyl halides is 2. The van der Waals surface area contributed by atoms with Crippen LogP contribution < -0.4 is 25.4 Å². The first-order valence-corrected chi connectivity index (χ1v) is 16.0. The van der Waals surface area contributed by atoms with Crippen LogP contribution in [0.15, 0.2) is 66.7 Å². The molecule has 0 bridgehead atoms. The fourth-order valence-corrected chi connectivity index (χ4v) is 5.16. The number of Topliss-reactive ketones (excluding diaryl/α,β-unsaturated/α-hetero) is 1. The highest BCUT2D eigenvalue weighted by Crippen LogP contribution is 2.28. The third-order valence-corrected chi connectivity index (χ3v) is 8.29. The van der Waals surface area contributed by atoms with Gasteiger partial charge in [0.05, 0.1) is 30.3 Å². The molecular weight excluding hydrogens is 667 g/mol. The summed E-state index contributed by atoms with van der Waals surface area (Å²) in [7, 11) is 2.90. The second-order valence-electron chi connectivity index (χ2n) is 11.4. The Morgan fingerprint density at radius 3 is 2.08 bits per heavy atom. The number of benzene rings is 3. The van der Waals surface area contributed by atoms with Crippen molar-refractivity contribution < 1.29 is 37.4 Å². The van der Waals surface area contributed by atoms with Gasteiger partial charge >= 0.3 is 5.92 Å². The molecule has 3 amide bonds. The Balaban J connectivity index is 1.77. The van der Waals surface area contributed by atoms with Gasteiger partial charge in [-0.1, -0.05) is 79.5 Å². The molecule has 0 aromatic heterocycles. The summed E-state index contributed by atoms with van der Waals surface area (Å²) in [4.78, 5) is 52.3. The molecule has 258 valence electrons. The predicted octanol–water partition coefficient (Wildman–Crippen LogP) is 5.37. The number of halogens is 4. The number of ketones is 1. The van der Waals surface area contributed by atoms with E-state index in [9.17, 15) is 19.2 Å². The predicted molar refractivity (Wildman–Crippen MR) is 180 cm³/mol. The molecule has 3 aromatic carbocycles. The van der Waals surface area contributed by atoms with E-state index in [2.05, 4.69) is 16.0 Å². The zero-order valence-corrected chi connectivity index (χ0v) is 28.6. The summed E-state index contributed by atoms with van der Waals surface area (Å²) >= 11 is 12.1. The van der Waals surface area contributed by atoms with Crippen LogP contribution in [0.25, 0.3) is 0 Å². The lowest BCUT2D eigenvalue weighted by atomic mass is 9.94. The van der Waals surface area contributed by atoms with Crippen molar-refractivity contribution in [2.75, 3.05) is 20.8 Å². The van der Waals surface area contributed by atoms with Crippen LogP contribution in [0.2, 0.25) is 10.0 Å². The molecular formula is C35H39Cl2F2N3O6. The molecule has 48 heavy (non-hydrogen) atoms. The Kier molecular flexibility index (Phi) is 14.2. The molecule has 0 radical (unpaired) electrons. The van der Waals surface area contributed by atoms with Gasteiger partial charge in [0, 0.05) is 19.4 Å². The summed E-state index contributed by atoms with van der Waals surface area (Å²) in [6.07, 6.45) is 0.428. The Labute approximate surface area is 288 Å². The molecule has 3 N–H and O–H groups in total. The SMILES string of the molecule is COc1ccc(CC(NC(=O)CCc2ccc(Cl)c(Cl)c2)C(=O)NC(C(=O)C(F)(F)C(=O)NCCc2ccccc2)C(C)C)cc1OC. The highest BCUT2D eigenvalue weighted by Gasteiger charge is 2.51. The van der Waals surface area contributed by atoms with Crippen molar-refractivity contribution in [3.8, 4) is 11.5 Å². The van der Waals surface area contributed by atoms with Crippen molar-refractivity contribution in [2.24, 2.45) is 5.92 Å². The van der Waals surface area contributed by atoms with Gasteiger partial charge in [-0.05, 0) is 59.7 Å². The number of amides is 3. The molecule has 13 heteroatoms. The minimum atomic E-state index is -4.43. The molecule has 0 saturated heterocycles. The molecule has 0 aliphatic heterocycles. The lowest BCUT2D eigenvalue weighted by molar-refractivity contribution is -0.161. The van der Waals surface area contributed by atoms with E-state index in [1.807, 2.05) is 0 Å². The third-order valence-electron chi connectivity index (χ3n) is 7.55. The van der Waals surface area contributed by atoms with Crippen LogP contribution in [0.4, 0.5) is 8.78 Å². The van der Waals surface area contributed by atoms with Gasteiger partial charge in [0.25, 0.3) is 5.91 Å². The van der Waals surface area contributed by atoms with Crippen molar-refractivity contribution >= 4 is 46.7 Å². The highest BCUT2D eigenvalue weighted by atomic mass is 35.5. The van der Waals surface area contributed by atoms with Gasteiger partial charge in [0.15, 0.2) is 11.5 Å². The average molecular weight is 707 g/mol. The van der Waals surface area contributed by atoms with E-state index in [1.54, 1.807) is 66.7 Å². The quantitative estimate of drug-likeness (QED) is 0.162. The number of ether oxygens (including phenoxy) is 2. The molecule has 0 saturated carbocycles. The van der Waals surface area contributed by atoms with Crippen LogP contribution in [-0.4, -0.2) is 62.3 Å². The number of hydrogen-bond donors (Lipinski definition) is 3. The van der Waals surface area contributed by atoms with E-state index in [1.165, 1.54) is 28.1 Å². The van der Waals surface area contributed by atoms with E-state index >= 15 is 8.78 Å². The first kappa shape index (κ1) is 38.2. The summed E-state index contributed by atoms with van der Waals surface area (Å²) in [6.45, 7) is 2.81. The van der Waals surface area contributed by atoms with Crippen molar-refractivity contribution in [1.29, 1.82) is 0 Å². The van der Waals surface area contributed by atoms with E-state index in [0.717, 1.165) is 11.1 Å². The number of rotatable bonds is 17. The van der Waals surface area contributed by atoms with E-state index in [-0.39, 0.29) is 32.2 Å². The lowest BCUT2D eigenvalue weighted by Crippen LogP contribution is -2.59. The van der Waals surface area contributed by atoms with Gasteiger partial charge in [0.1, 0.15) is 6.04 Å². The fraction of sp³-hybridized carbons (Fsp3) is 0.371. The molecule has 2 atom stereocenters. The molecule has 9 nitrogen and oxygen atoms in total. The summed E-state index contributed by atoms with van der Waals surface area (Å²) < 4.78 is 41.0. The fourth-order valence-electron chi connectivity index (χ4n) is 4.84. The number of nitrogens with one attached hydrogen (secondary N) is 3. The Hall–Kier alpha value is -4.22. The molecule has 3 aromatic rings. The minimum Gasteiger partial charge on any atom is -0.493 e. The minimum absolute atomic E-state index is 0.0402. The van der Waals surface area contributed by atoms with Gasteiger partial charge in [-0.25, -0.2) is 0 Å². The number of hydrogen-bond acceptors (Lipinski definition) is 6. The standard InChI is InChI=1S/C35H39Cl2F2N3O6/c1-21(2)31(32(44)35(38,39)34(46)40-17-16-22-8-6-5-7-9-22)42-33(45)27(19-24-11-14-28(47-3)29(20-24)48-4)41-30(43)15-12-23-10-13-25(36)26(37)18-23/h5-11,13-14,18,20-21,27,31H,12,15-17,19H2,1-4H3,(H,40,46)(H,41,43)(H,42,45). The second-order valence-corrected chi connectivity index (χ2v) is 12.2. The van der Waals surface area contributed by atoms with Crippen molar-refractivity contribution in [2.45, 2.75) is 57.5 Å². The van der Waals surface area contributed by atoms with Crippen LogP contribution in [0.3, 0.4) is 0 Å². The molecule has 0 heterocycles. The van der Waals surface area contributed by atoms with Crippen LogP contribution in [0.1, 0.15) is 37.0 Å². The summed E-state index contributed by atoms with van der Waals surface area (Å²) in [6, 6.07) is 15.7. The third kappa shape index (κ3) is 10.6. The zero-order chi connectivity index (χ0) is 35.4. The van der Waals surface area contributed by atoms with Gasteiger partial charge < -0.3 is 25.4 Å². The Morgan fingerprint density at radius 1 is 0.792 bits per heavy atom. The summed E-state index contributed by atoms with van der Waals surface area (Å²) in [5.74, 6) is -9.38. The van der Waals surface area contributed by atoms with E-state index in [0.29, 0.717) is 27.1 Å². The van der Waals surface area contributed by atoms with Crippen LogP contribution >= 0.6 is 23.2 Å². The van der Waals surface area contributed by atoms with Crippen LogP contribution in [0.5, 0.6) is 11.5 Å². The van der Waals surface area contributed by atoms with Crippen molar-refractivity contribution in [1.82, 2.24) is 16.0 Å². The van der Waals surface area contributed by atoms with E-state index in [4.69, 9.17) is 32.7 Å². The second kappa shape index (κ2) is 17.8.